The van der Waals surface area contributed by atoms with Crippen molar-refractivity contribution in [3.05, 3.63) is 29.4 Å². The van der Waals surface area contributed by atoms with E-state index < -0.39 is 20.7 Å². The standard InChI is InChI=1S/C14H15FN5O2PS/c15-23-7-6-19-4-5-20(14(22)13(19)21)9-10-1-2-11(18-17-10)12-16-3-8-24-12/h1-3,8,23H,4-7,9H2. The molecule has 0 aromatic carbocycles. The molecule has 0 spiro atoms. The van der Waals surface area contributed by atoms with E-state index in [0.717, 1.165) is 5.01 Å². The molecule has 1 aliphatic heterocycles. The van der Waals surface area contributed by atoms with Crippen LogP contribution < -0.4 is 0 Å². The molecule has 1 saturated heterocycles. The Morgan fingerprint density at radius 1 is 1.17 bits per heavy atom. The molecule has 0 N–H and O–H groups in total. The Balaban J connectivity index is 1.62. The van der Waals surface area contributed by atoms with Crippen molar-refractivity contribution in [1.29, 1.82) is 0 Å². The molecular weight excluding hydrogens is 352 g/mol. The molecule has 0 saturated carbocycles. The van der Waals surface area contributed by atoms with Crippen LogP contribution in [-0.2, 0) is 16.1 Å². The molecule has 7 nitrogen and oxygen atoms in total. The average molecular weight is 367 g/mol. The minimum absolute atomic E-state index is 0.231. The van der Waals surface area contributed by atoms with E-state index in [-0.39, 0.29) is 19.3 Å². The van der Waals surface area contributed by atoms with Crippen LogP contribution in [0.3, 0.4) is 0 Å². The normalized spacial score (nSPS) is 15.7. The molecule has 1 fully saturated rings. The third-order valence-electron chi connectivity index (χ3n) is 3.60. The van der Waals surface area contributed by atoms with Gasteiger partial charge in [0, 0.05) is 37.4 Å². The molecule has 2 amide bonds. The molecule has 0 radical (unpaired) electrons. The maximum Gasteiger partial charge on any atom is 0.312 e. The maximum absolute atomic E-state index is 12.2. The van der Waals surface area contributed by atoms with Gasteiger partial charge in [-0.05, 0) is 12.1 Å². The summed E-state index contributed by atoms with van der Waals surface area (Å²) >= 11 is 1.47. The van der Waals surface area contributed by atoms with E-state index >= 15 is 0 Å². The minimum Gasteiger partial charge on any atom is -0.332 e. The van der Waals surface area contributed by atoms with Crippen LogP contribution in [0.4, 0.5) is 4.20 Å². The quantitative estimate of drug-likeness (QED) is 0.569. The molecule has 24 heavy (non-hydrogen) atoms. The van der Waals surface area contributed by atoms with E-state index in [0.29, 0.717) is 24.5 Å². The largest absolute Gasteiger partial charge is 0.332 e. The minimum atomic E-state index is -0.717. The summed E-state index contributed by atoms with van der Waals surface area (Å²) in [7, 11) is -0.717. The van der Waals surface area contributed by atoms with Crippen LogP contribution in [0.1, 0.15) is 5.69 Å². The Morgan fingerprint density at radius 3 is 2.62 bits per heavy atom. The van der Waals surface area contributed by atoms with Crippen LogP contribution in [0.5, 0.6) is 0 Å². The molecule has 2 aromatic rings. The van der Waals surface area contributed by atoms with Gasteiger partial charge in [0.2, 0.25) is 0 Å². The van der Waals surface area contributed by atoms with Gasteiger partial charge in [-0.3, -0.25) is 9.59 Å². The Kier molecular flexibility index (Phi) is 5.42. The van der Waals surface area contributed by atoms with E-state index in [1.807, 2.05) is 5.38 Å². The second-order valence-corrected chi connectivity index (χ2v) is 6.81. The summed E-state index contributed by atoms with van der Waals surface area (Å²) in [6.07, 6.45) is 1.98. The molecule has 1 unspecified atom stereocenters. The second kappa shape index (κ2) is 7.72. The van der Waals surface area contributed by atoms with E-state index in [9.17, 15) is 13.8 Å². The van der Waals surface area contributed by atoms with Crippen LogP contribution >= 0.6 is 20.2 Å². The SMILES string of the molecule is O=C1C(=O)N(Cc2ccc(-c3nccs3)nn2)CCN1CCPF. The van der Waals surface area contributed by atoms with Gasteiger partial charge >= 0.3 is 11.8 Å². The van der Waals surface area contributed by atoms with E-state index in [4.69, 9.17) is 0 Å². The monoisotopic (exact) mass is 367 g/mol. The highest BCUT2D eigenvalue weighted by atomic mass is 32.1. The Labute approximate surface area is 143 Å². The number of carbonyl (C=O) groups excluding carboxylic acids is 2. The summed E-state index contributed by atoms with van der Waals surface area (Å²) in [6.45, 7) is 1.35. The Bertz CT molecular complexity index is 712. The summed E-state index contributed by atoms with van der Waals surface area (Å²) in [5.41, 5.74) is 1.28. The van der Waals surface area contributed by atoms with Gasteiger partial charge in [-0.15, -0.1) is 16.4 Å². The highest BCUT2D eigenvalue weighted by Gasteiger charge is 2.32. The van der Waals surface area contributed by atoms with Crippen molar-refractivity contribution in [2.45, 2.75) is 6.54 Å². The number of hydrogen-bond donors (Lipinski definition) is 0. The third-order valence-corrected chi connectivity index (χ3v) is 4.81. The van der Waals surface area contributed by atoms with Crippen molar-refractivity contribution in [3.63, 3.8) is 0 Å². The van der Waals surface area contributed by atoms with Gasteiger partial charge in [-0.2, -0.15) is 5.10 Å². The molecule has 1 atom stereocenters. The summed E-state index contributed by atoms with van der Waals surface area (Å²) in [5.74, 6) is -1.15. The zero-order valence-corrected chi connectivity index (χ0v) is 14.5. The topological polar surface area (TPSA) is 79.3 Å². The lowest BCUT2D eigenvalue weighted by Crippen LogP contribution is -2.54. The summed E-state index contributed by atoms with van der Waals surface area (Å²) in [5, 5.41) is 10.9. The van der Waals surface area contributed by atoms with Crippen molar-refractivity contribution in [2.75, 3.05) is 25.8 Å². The lowest BCUT2D eigenvalue weighted by atomic mass is 10.2. The van der Waals surface area contributed by atoms with Crippen molar-refractivity contribution in [1.82, 2.24) is 25.0 Å². The summed E-state index contributed by atoms with van der Waals surface area (Å²) in [4.78, 5) is 31.2. The maximum atomic E-state index is 12.2. The molecule has 0 bridgehead atoms. The van der Waals surface area contributed by atoms with Gasteiger partial charge in [0.05, 0.1) is 21.1 Å². The number of carbonyl (C=O) groups is 2. The number of aromatic nitrogens is 3. The van der Waals surface area contributed by atoms with Crippen molar-refractivity contribution in [3.8, 4) is 10.7 Å². The molecule has 0 aliphatic carbocycles. The van der Waals surface area contributed by atoms with Crippen molar-refractivity contribution < 1.29 is 13.8 Å². The highest BCUT2D eigenvalue weighted by molar-refractivity contribution is 7.31. The highest BCUT2D eigenvalue weighted by Crippen LogP contribution is 2.19. The van der Waals surface area contributed by atoms with E-state index in [1.165, 1.54) is 21.1 Å². The fraction of sp³-hybridized carbons (Fsp3) is 0.357. The lowest BCUT2D eigenvalue weighted by Gasteiger charge is -2.33. The number of thiazole rings is 1. The van der Waals surface area contributed by atoms with E-state index in [1.54, 1.807) is 18.3 Å². The third kappa shape index (κ3) is 3.73. The predicted octanol–water partition coefficient (Wildman–Crippen LogP) is 1.33. The fourth-order valence-corrected chi connectivity index (χ4v) is 3.32. The first-order chi connectivity index (χ1) is 11.7. The van der Waals surface area contributed by atoms with Crippen molar-refractivity contribution in [2.24, 2.45) is 0 Å². The van der Waals surface area contributed by atoms with Gasteiger partial charge < -0.3 is 9.80 Å². The van der Waals surface area contributed by atoms with Crippen LogP contribution in [0.2, 0.25) is 0 Å². The predicted molar refractivity (Wildman–Crippen MR) is 89.4 cm³/mol. The average Bonchev–Trinajstić information content (AvgIpc) is 3.14. The summed E-state index contributed by atoms with van der Waals surface area (Å²) in [6, 6.07) is 3.57. The Morgan fingerprint density at radius 2 is 1.96 bits per heavy atom. The molecule has 2 aromatic heterocycles. The first kappa shape index (κ1) is 16.9. The molecule has 3 heterocycles. The number of amides is 2. The lowest BCUT2D eigenvalue weighted by molar-refractivity contribution is -0.156. The van der Waals surface area contributed by atoms with Gasteiger partial charge in [0.25, 0.3) is 0 Å². The molecule has 10 heteroatoms. The van der Waals surface area contributed by atoms with Gasteiger partial charge in [-0.1, -0.05) is 0 Å². The number of piperazine rings is 1. The first-order valence-corrected chi connectivity index (χ1v) is 9.29. The Hall–Kier alpha value is -1.99. The van der Waals surface area contributed by atoms with Gasteiger partial charge in [-0.25, -0.2) is 9.18 Å². The fourth-order valence-electron chi connectivity index (χ4n) is 2.36. The van der Waals surface area contributed by atoms with E-state index in [2.05, 4.69) is 15.2 Å². The van der Waals surface area contributed by atoms with Gasteiger partial charge in [0.1, 0.15) is 10.7 Å². The smallest absolute Gasteiger partial charge is 0.312 e. The number of halogens is 1. The molecular formula is C14H15FN5O2PS. The zero-order valence-electron chi connectivity index (χ0n) is 12.7. The number of rotatable bonds is 6. The number of nitrogens with zero attached hydrogens (tertiary/aromatic N) is 5. The van der Waals surface area contributed by atoms with Crippen LogP contribution in [0.15, 0.2) is 23.7 Å². The molecule has 3 rings (SSSR count). The van der Waals surface area contributed by atoms with Gasteiger partial charge in [0.15, 0.2) is 0 Å². The molecule has 126 valence electrons. The van der Waals surface area contributed by atoms with Crippen molar-refractivity contribution >= 4 is 32.0 Å². The first-order valence-electron chi connectivity index (χ1n) is 7.33. The second-order valence-electron chi connectivity index (χ2n) is 5.15. The molecule has 1 aliphatic rings. The van der Waals surface area contributed by atoms with Crippen LogP contribution in [0.25, 0.3) is 10.7 Å². The van der Waals surface area contributed by atoms with Crippen LogP contribution in [-0.4, -0.2) is 62.6 Å². The zero-order chi connectivity index (χ0) is 16.9. The van der Waals surface area contributed by atoms with Crippen LogP contribution in [0, 0.1) is 0 Å². The number of hydrogen-bond acceptors (Lipinski definition) is 6. The summed E-state index contributed by atoms with van der Waals surface area (Å²) < 4.78 is 12.2.